The Morgan fingerprint density at radius 1 is 1.04 bits per heavy atom. The van der Waals surface area contributed by atoms with Gasteiger partial charge < -0.3 is 4.42 Å². The molecule has 6 nitrogen and oxygen atoms in total. The van der Waals surface area contributed by atoms with Gasteiger partial charge in [0.25, 0.3) is 5.69 Å². The lowest BCUT2D eigenvalue weighted by molar-refractivity contribution is -0.384. The monoisotopic (exact) mass is 393 g/mol. The summed E-state index contributed by atoms with van der Waals surface area (Å²) < 4.78 is 18.7. The smallest absolute Gasteiger partial charge is 0.269 e. The summed E-state index contributed by atoms with van der Waals surface area (Å²) in [5, 5.41) is 11.3. The molecule has 4 aromatic rings. The molecule has 0 aliphatic heterocycles. The van der Waals surface area contributed by atoms with Crippen molar-refractivity contribution >= 4 is 28.4 Å². The van der Waals surface area contributed by atoms with Crippen molar-refractivity contribution in [3.05, 3.63) is 88.6 Å². The Morgan fingerprint density at radius 3 is 2.46 bits per heavy atom. The average molecular weight is 393 g/mol. The van der Waals surface area contributed by atoms with Gasteiger partial charge in [-0.1, -0.05) is 11.3 Å². The Hall–Kier alpha value is -3.65. The summed E-state index contributed by atoms with van der Waals surface area (Å²) in [6.45, 7) is 0. The molecule has 0 aliphatic rings. The third kappa shape index (κ3) is 3.86. The molecule has 28 heavy (non-hydrogen) atoms. The van der Waals surface area contributed by atoms with Gasteiger partial charge in [-0.25, -0.2) is 14.4 Å². The molecule has 0 atom stereocenters. The number of nitro benzene ring substituents is 1. The molecule has 2 aromatic carbocycles. The fourth-order valence-electron chi connectivity index (χ4n) is 2.52. The van der Waals surface area contributed by atoms with Crippen molar-refractivity contribution in [3.8, 4) is 21.8 Å². The van der Waals surface area contributed by atoms with Gasteiger partial charge in [-0.15, -0.1) is 0 Å². The Labute approximate surface area is 162 Å². The largest absolute Gasteiger partial charge is 0.455 e. The molecule has 4 rings (SSSR count). The Kier molecular flexibility index (Phi) is 4.77. The highest BCUT2D eigenvalue weighted by Crippen LogP contribution is 2.31. The molecule has 0 spiro atoms. The standard InChI is InChI=1S/C20H12FN3O3S/c21-15-5-1-13(2-6-15)18-10-9-17(27-18)11-22-20-23-12-19(28-20)14-3-7-16(8-4-14)24(25)26/h1-12H. The minimum absolute atomic E-state index is 0.0429. The van der Waals surface area contributed by atoms with Gasteiger partial charge in [-0.3, -0.25) is 10.1 Å². The van der Waals surface area contributed by atoms with Crippen molar-refractivity contribution in [2.24, 2.45) is 4.99 Å². The molecule has 0 saturated carbocycles. The van der Waals surface area contributed by atoms with Crippen LogP contribution in [0.2, 0.25) is 0 Å². The van der Waals surface area contributed by atoms with E-state index >= 15 is 0 Å². The van der Waals surface area contributed by atoms with Crippen molar-refractivity contribution in [1.82, 2.24) is 4.98 Å². The Bertz CT molecular complexity index is 1150. The molecular formula is C20H12FN3O3S. The van der Waals surface area contributed by atoms with Crippen molar-refractivity contribution in [2.45, 2.75) is 0 Å². The van der Waals surface area contributed by atoms with Gasteiger partial charge in [-0.2, -0.15) is 0 Å². The number of thiazole rings is 1. The van der Waals surface area contributed by atoms with E-state index in [4.69, 9.17) is 4.42 Å². The fraction of sp³-hybridized carbons (Fsp3) is 0. The van der Waals surface area contributed by atoms with Gasteiger partial charge in [0.1, 0.15) is 17.3 Å². The molecule has 138 valence electrons. The fourth-order valence-corrected chi connectivity index (χ4v) is 3.28. The molecule has 2 heterocycles. The average Bonchev–Trinajstić information content (AvgIpc) is 3.37. The first kappa shape index (κ1) is 17.7. The maximum atomic E-state index is 13.0. The predicted octanol–water partition coefficient (Wildman–Crippen LogP) is 5.87. The van der Waals surface area contributed by atoms with E-state index in [9.17, 15) is 14.5 Å². The van der Waals surface area contributed by atoms with Crippen LogP contribution in [0.5, 0.6) is 0 Å². The normalized spacial score (nSPS) is 11.2. The molecule has 0 amide bonds. The van der Waals surface area contributed by atoms with Gasteiger partial charge in [-0.05, 0) is 54.1 Å². The summed E-state index contributed by atoms with van der Waals surface area (Å²) in [5.74, 6) is 0.864. The van der Waals surface area contributed by atoms with E-state index in [1.807, 2.05) is 0 Å². The van der Waals surface area contributed by atoms with Crippen LogP contribution in [-0.2, 0) is 0 Å². The molecule has 2 aromatic heterocycles. The maximum Gasteiger partial charge on any atom is 0.269 e. The van der Waals surface area contributed by atoms with Crippen molar-refractivity contribution < 1.29 is 13.7 Å². The number of hydrogen-bond acceptors (Lipinski definition) is 6. The lowest BCUT2D eigenvalue weighted by Crippen LogP contribution is -1.86. The Morgan fingerprint density at radius 2 is 1.75 bits per heavy atom. The summed E-state index contributed by atoms with van der Waals surface area (Å²) in [7, 11) is 0. The van der Waals surface area contributed by atoms with E-state index in [0.717, 1.165) is 16.0 Å². The zero-order valence-corrected chi connectivity index (χ0v) is 15.1. The van der Waals surface area contributed by atoms with E-state index < -0.39 is 4.92 Å². The molecule has 0 unspecified atom stereocenters. The Balaban J connectivity index is 1.48. The van der Waals surface area contributed by atoms with E-state index in [-0.39, 0.29) is 11.5 Å². The molecule has 0 N–H and O–H groups in total. The quantitative estimate of drug-likeness (QED) is 0.241. The lowest BCUT2D eigenvalue weighted by atomic mass is 10.2. The van der Waals surface area contributed by atoms with Crippen LogP contribution in [0.3, 0.4) is 0 Å². The predicted molar refractivity (Wildman–Crippen MR) is 106 cm³/mol. The zero-order chi connectivity index (χ0) is 19.5. The highest BCUT2D eigenvalue weighted by Gasteiger charge is 2.08. The van der Waals surface area contributed by atoms with Gasteiger partial charge in [0.15, 0.2) is 0 Å². The van der Waals surface area contributed by atoms with E-state index in [1.165, 1.54) is 35.6 Å². The highest BCUT2D eigenvalue weighted by atomic mass is 32.1. The van der Waals surface area contributed by atoms with Crippen LogP contribution in [0, 0.1) is 15.9 Å². The van der Waals surface area contributed by atoms with Crippen LogP contribution in [-0.4, -0.2) is 16.1 Å². The lowest BCUT2D eigenvalue weighted by Gasteiger charge is -1.95. The van der Waals surface area contributed by atoms with Gasteiger partial charge in [0, 0.05) is 23.9 Å². The maximum absolute atomic E-state index is 13.0. The summed E-state index contributed by atoms with van der Waals surface area (Å²) in [6.07, 6.45) is 3.23. The van der Waals surface area contributed by atoms with Crippen LogP contribution >= 0.6 is 11.3 Å². The summed E-state index contributed by atoms with van der Waals surface area (Å²) in [5.41, 5.74) is 1.65. The van der Waals surface area contributed by atoms with E-state index in [0.29, 0.717) is 16.7 Å². The topological polar surface area (TPSA) is 81.5 Å². The van der Waals surface area contributed by atoms with Crippen LogP contribution < -0.4 is 0 Å². The molecule has 0 bridgehead atoms. The number of aromatic nitrogens is 1. The number of non-ortho nitro benzene ring substituents is 1. The van der Waals surface area contributed by atoms with E-state index in [2.05, 4.69) is 9.98 Å². The molecule has 0 saturated heterocycles. The number of nitrogens with zero attached hydrogens (tertiary/aromatic N) is 3. The molecule has 0 radical (unpaired) electrons. The van der Waals surface area contributed by atoms with Crippen molar-refractivity contribution in [2.75, 3.05) is 0 Å². The zero-order valence-electron chi connectivity index (χ0n) is 14.3. The van der Waals surface area contributed by atoms with Crippen molar-refractivity contribution in [1.29, 1.82) is 0 Å². The SMILES string of the molecule is O=[N+]([O-])c1ccc(-c2cnc(N=Cc3ccc(-c4ccc(F)cc4)o3)s2)cc1. The summed E-state index contributed by atoms with van der Waals surface area (Å²) in [4.78, 5) is 19.7. The summed E-state index contributed by atoms with van der Waals surface area (Å²) >= 11 is 1.36. The molecule has 0 aliphatic carbocycles. The number of nitro groups is 1. The number of rotatable bonds is 5. The minimum atomic E-state index is -0.435. The first-order valence-electron chi connectivity index (χ1n) is 8.19. The van der Waals surface area contributed by atoms with Crippen LogP contribution in [0.25, 0.3) is 21.8 Å². The third-order valence-corrected chi connectivity index (χ3v) is 4.87. The third-order valence-electron chi connectivity index (χ3n) is 3.91. The van der Waals surface area contributed by atoms with Gasteiger partial charge in [0.05, 0.1) is 16.0 Å². The van der Waals surface area contributed by atoms with Gasteiger partial charge in [0.2, 0.25) is 5.13 Å². The molecular weight excluding hydrogens is 381 g/mol. The summed E-state index contributed by atoms with van der Waals surface area (Å²) in [6, 6.07) is 15.9. The second-order valence-corrected chi connectivity index (χ2v) is 6.79. The highest BCUT2D eigenvalue weighted by molar-refractivity contribution is 7.18. The molecule has 0 fully saturated rings. The number of furan rings is 1. The molecule has 8 heteroatoms. The number of aliphatic imine (C=N–C) groups is 1. The van der Waals surface area contributed by atoms with Crippen LogP contribution in [0.15, 0.2) is 76.3 Å². The first-order chi connectivity index (χ1) is 13.6. The minimum Gasteiger partial charge on any atom is -0.455 e. The van der Waals surface area contributed by atoms with Crippen LogP contribution in [0.4, 0.5) is 15.2 Å². The van der Waals surface area contributed by atoms with Crippen molar-refractivity contribution in [3.63, 3.8) is 0 Å². The number of halogens is 1. The van der Waals surface area contributed by atoms with E-state index in [1.54, 1.807) is 48.8 Å². The second-order valence-electron chi connectivity index (χ2n) is 5.78. The number of hydrogen-bond donors (Lipinski definition) is 0. The first-order valence-corrected chi connectivity index (χ1v) is 9.01. The second kappa shape index (κ2) is 7.53. The van der Waals surface area contributed by atoms with Crippen LogP contribution in [0.1, 0.15) is 5.76 Å². The van der Waals surface area contributed by atoms with Gasteiger partial charge >= 0.3 is 0 Å². The number of benzene rings is 2.